The first-order valence-electron chi connectivity index (χ1n) is 8.50. The molecule has 130 valence electrons. The highest BCUT2D eigenvalue weighted by atomic mass is 32.2. The molecule has 5 heteroatoms. The Bertz CT molecular complexity index is 927. The van der Waals surface area contributed by atoms with Gasteiger partial charge in [0.25, 0.3) is 0 Å². The summed E-state index contributed by atoms with van der Waals surface area (Å²) in [5.41, 5.74) is 1.84. The number of rotatable bonds is 5. The summed E-state index contributed by atoms with van der Waals surface area (Å²) in [4.78, 5) is 18.0. The van der Waals surface area contributed by atoms with Crippen LogP contribution in [0.5, 0.6) is 0 Å². The Labute approximate surface area is 154 Å². The molecule has 2 aromatic carbocycles. The zero-order chi connectivity index (χ0) is 17.9. The summed E-state index contributed by atoms with van der Waals surface area (Å²) in [7, 11) is -1.21. The number of anilines is 1. The quantitative estimate of drug-likeness (QED) is 0.746. The van der Waals surface area contributed by atoms with Crippen LogP contribution < -0.4 is 5.32 Å². The van der Waals surface area contributed by atoms with E-state index in [-0.39, 0.29) is 17.7 Å². The highest BCUT2D eigenvalue weighted by molar-refractivity contribution is 7.85. The second kappa shape index (κ2) is 7.22. The molecule has 1 N–H and O–H groups in total. The molecule has 1 aliphatic rings. The maximum absolute atomic E-state index is 12.5. The normalized spacial score (nSPS) is 19.5. The first kappa shape index (κ1) is 16.7. The molecule has 0 bridgehead atoms. The van der Waals surface area contributed by atoms with E-state index in [0.717, 1.165) is 22.6 Å². The lowest BCUT2D eigenvalue weighted by atomic mass is 10.1. The van der Waals surface area contributed by atoms with Crippen molar-refractivity contribution in [3.63, 3.8) is 0 Å². The molecule has 1 saturated carbocycles. The molecule has 26 heavy (non-hydrogen) atoms. The van der Waals surface area contributed by atoms with Crippen molar-refractivity contribution in [2.75, 3.05) is 5.32 Å². The van der Waals surface area contributed by atoms with Gasteiger partial charge in [-0.1, -0.05) is 24.3 Å². The highest BCUT2D eigenvalue weighted by Gasteiger charge is 2.44. The zero-order valence-electron chi connectivity index (χ0n) is 14.0. The summed E-state index contributed by atoms with van der Waals surface area (Å²) in [5.74, 6) is 0.279. The monoisotopic (exact) mass is 362 g/mol. The lowest BCUT2D eigenvalue weighted by Crippen LogP contribution is -2.14. The maximum atomic E-state index is 12.5. The molecule has 0 radical (unpaired) electrons. The van der Waals surface area contributed by atoms with Gasteiger partial charge in [0, 0.05) is 33.8 Å². The molecule has 3 aromatic rings. The summed E-state index contributed by atoms with van der Waals surface area (Å²) in [6.07, 6.45) is 4.42. The molecular formula is C21H18N2O2S. The van der Waals surface area contributed by atoms with Crippen LogP contribution in [-0.2, 0) is 15.6 Å². The number of carbonyl (C=O) groups excluding carboxylic acids is 1. The van der Waals surface area contributed by atoms with Crippen LogP contribution in [-0.4, -0.2) is 15.1 Å². The Kier molecular flexibility index (Phi) is 4.63. The van der Waals surface area contributed by atoms with Gasteiger partial charge in [0.15, 0.2) is 0 Å². The zero-order valence-corrected chi connectivity index (χ0v) is 14.9. The van der Waals surface area contributed by atoms with Gasteiger partial charge in [-0.25, -0.2) is 4.21 Å². The average Bonchev–Trinajstić information content (AvgIpc) is 3.50. The largest absolute Gasteiger partial charge is 0.326 e. The molecule has 3 atom stereocenters. The van der Waals surface area contributed by atoms with Crippen LogP contribution in [0.3, 0.4) is 0 Å². The molecule has 4 nitrogen and oxygen atoms in total. The van der Waals surface area contributed by atoms with Gasteiger partial charge in [-0.15, -0.1) is 0 Å². The molecule has 4 rings (SSSR count). The van der Waals surface area contributed by atoms with Crippen LogP contribution in [0, 0.1) is 5.92 Å². The van der Waals surface area contributed by atoms with Crippen LogP contribution in [0.2, 0.25) is 0 Å². The molecular weight excluding hydrogens is 344 g/mol. The fourth-order valence-electron chi connectivity index (χ4n) is 3.03. The van der Waals surface area contributed by atoms with E-state index < -0.39 is 10.8 Å². The van der Waals surface area contributed by atoms with Gasteiger partial charge in [0.2, 0.25) is 5.91 Å². The van der Waals surface area contributed by atoms with Crippen LogP contribution >= 0.6 is 0 Å². The van der Waals surface area contributed by atoms with E-state index in [4.69, 9.17) is 0 Å². The van der Waals surface area contributed by atoms with Gasteiger partial charge in [-0.05, 0) is 60.4 Å². The van der Waals surface area contributed by atoms with Crippen molar-refractivity contribution in [2.24, 2.45) is 5.92 Å². The van der Waals surface area contributed by atoms with Crippen molar-refractivity contribution in [1.82, 2.24) is 4.98 Å². The standard InChI is InChI=1S/C21H18N2O2S/c24-21(20-13-19(20)15-5-4-12-22-14-15)23-16-8-10-18(11-9-16)26(25)17-6-2-1-3-7-17/h1-12,14,19-20H,13H2,(H,23,24)/t19-,20+,26?/m1/s1. The van der Waals surface area contributed by atoms with Crippen LogP contribution in [0.25, 0.3) is 0 Å². The number of aromatic nitrogens is 1. The number of amides is 1. The number of hydrogen-bond donors (Lipinski definition) is 1. The maximum Gasteiger partial charge on any atom is 0.228 e. The number of carbonyl (C=O) groups is 1. The van der Waals surface area contributed by atoms with Gasteiger partial charge in [-0.2, -0.15) is 0 Å². The highest BCUT2D eigenvalue weighted by Crippen LogP contribution is 2.47. The third kappa shape index (κ3) is 3.58. The molecule has 1 unspecified atom stereocenters. The van der Waals surface area contributed by atoms with Crippen molar-refractivity contribution in [3.8, 4) is 0 Å². The lowest BCUT2D eigenvalue weighted by molar-refractivity contribution is -0.117. The molecule has 1 amide bonds. The average molecular weight is 362 g/mol. The van der Waals surface area contributed by atoms with Crippen molar-refractivity contribution in [2.45, 2.75) is 22.1 Å². The van der Waals surface area contributed by atoms with Crippen LogP contribution in [0.4, 0.5) is 5.69 Å². The first-order chi connectivity index (χ1) is 12.7. The SMILES string of the molecule is O=C(Nc1ccc(S(=O)c2ccccc2)cc1)[C@H]1C[C@@H]1c1cccnc1. The van der Waals surface area contributed by atoms with Gasteiger partial charge in [0.1, 0.15) is 0 Å². The van der Waals surface area contributed by atoms with Gasteiger partial charge in [-0.3, -0.25) is 9.78 Å². The van der Waals surface area contributed by atoms with E-state index in [2.05, 4.69) is 10.3 Å². The molecule has 1 aromatic heterocycles. The molecule has 0 spiro atoms. The van der Waals surface area contributed by atoms with Crippen molar-refractivity contribution in [1.29, 1.82) is 0 Å². The van der Waals surface area contributed by atoms with E-state index in [1.807, 2.05) is 48.7 Å². The second-order valence-corrected chi connectivity index (χ2v) is 7.81. The lowest BCUT2D eigenvalue weighted by Gasteiger charge is -2.07. The topological polar surface area (TPSA) is 59.1 Å². The Hall–Kier alpha value is -2.79. The summed E-state index contributed by atoms with van der Waals surface area (Å²) in [6.45, 7) is 0. The summed E-state index contributed by atoms with van der Waals surface area (Å²) in [6, 6.07) is 20.4. The Morgan fingerprint density at radius 2 is 1.69 bits per heavy atom. The Morgan fingerprint density at radius 3 is 2.38 bits per heavy atom. The summed E-state index contributed by atoms with van der Waals surface area (Å²) >= 11 is 0. The minimum atomic E-state index is -1.21. The number of nitrogens with zero attached hydrogens (tertiary/aromatic N) is 1. The molecule has 1 aliphatic carbocycles. The Morgan fingerprint density at radius 1 is 0.962 bits per heavy atom. The van der Waals surface area contributed by atoms with E-state index in [1.165, 1.54) is 0 Å². The molecule has 0 saturated heterocycles. The van der Waals surface area contributed by atoms with Gasteiger partial charge >= 0.3 is 0 Å². The third-order valence-electron chi connectivity index (χ3n) is 4.53. The fraction of sp³-hybridized carbons (Fsp3) is 0.143. The second-order valence-electron chi connectivity index (χ2n) is 6.33. The predicted molar refractivity (Wildman–Crippen MR) is 101 cm³/mol. The minimum Gasteiger partial charge on any atom is -0.326 e. The van der Waals surface area contributed by atoms with E-state index in [9.17, 15) is 9.00 Å². The third-order valence-corrected chi connectivity index (χ3v) is 5.93. The number of benzene rings is 2. The summed E-state index contributed by atoms with van der Waals surface area (Å²) < 4.78 is 12.5. The van der Waals surface area contributed by atoms with Crippen LogP contribution in [0.15, 0.2) is 88.9 Å². The van der Waals surface area contributed by atoms with Crippen LogP contribution in [0.1, 0.15) is 17.9 Å². The van der Waals surface area contributed by atoms with E-state index in [0.29, 0.717) is 4.90 Å². The molecule has 1 fully saturated rings. The van der Waals surface area contributed by atoms with E-state index >= 15 is 0 Å². The minimum absolute atomic E-state index is 0.00247. The number of hydrogen-bond acceptors (Lipinski definition) is 3. The number of nitrogens with one attached hydrogen (secondary N) is 1. The van der Waals surface area contributed by atoms with Gasteiger partial charge in [0.05, 0.1) is 10.8 Å². The smallest absolute Gasteiger partial charge is 0.228 e. The van der Waals surface area contributed by atoms with Crippen molar-refractivity contribution < 1.29 is 9.00 Å². The Balaban J connectivity index is 1.39. The molecule has 1 heterocycles. The molecule has 0 aliphatic heterocycles. The van der Waals surface area contributed by atoms with Crippen molar-refractivity contribution in [3.05, 3.63) is 84.7 Å². The first-order valence-corrected chi connectivity index (χ1v) is 9.65. The van der Waals surface area contributed by atoms with Crippen molar-refractivity contribution >= 4 is 22.4 Å². The fourth-order valence-corrected chi connectivity index (χ4v) is 4.09. The van der Waals surface area contributed by atoms with Gasteiger partial charge < -0.3 is 5.32 Å². The predicted octanol–water partition coefficient (Wildman–Crippen LogP) is 3.99. The number of pyridine rings is 1. The summed E-state index contributed by atoms with van der Waals surface area (Å²) in [5, 5.41) is 2.95. The van der Waals surface area contributed by atoms with E-state index in [1.54, 1.807) is 30.5 Å².